The highest BCUT2D eigenvalue weighted by molar-refractivity contribution is 6.42. The van der Waals surface area contributed by atoms with Crippen molar-refractivity contribution in [2.75, 3.05) is 17.9 Å². The topological polar surface area (TPSA) is 108 Å². The largest absolute Gasteiger partial charge is 0.464 e. The summed E-state index contributed by atoms with van der Waals surface area (Å²) in [4.78, 5) is 12.3. The number of halogens is 6. The number of esters is 1. The summed E-state index contributed by atoms with van der Waals surface area (Å²) in [5, 5.41) is 0.830. The summed E-state index contributed by atoms with van der Waals surface area (Å²) in [6.45, 7) is 0. The molecule has 0 saturated carbocycles. The first-order valence-corrected chi connectivity index (χ1v) is 8.38. The maximum absolute atomic E-state index is 13.6. The van der Waals surface area contributed by atoms with Crippen molar-refractivity contribution in [1.82, 2.24) is 0 Å². The Morgan fingerprint density at radius 1 is 1.14 bits per heavy atom. The molecule has 2 rings (SSSR count). The van der Waals surface area contributed by atoms with E-state index in [9.17, 15) is 22.4 Å². The molecule has 156 valence electrons. The van der Waals surface area contributed by atoms with Crippen LogP contribution in [0.15, 0.2) is 36.0 Å². The van der Waals surface area contributed by atoms with Gasteiger partial charge in [-0.1, -0.05) is 23.2 Å². The van der Waals surface area contributed by atoms with Crippen LogP contribution in [0.2, 0.25) is 10.0 Å². The average Bonchev–Trinajstić information content (AvgIpc) is 2.63. The van der Waals surface area contributed by atoms with E-state index in [1.807, 2.05) is 0 Å². The van der Waals surface area contributed by atoms with Crippen LogP contribution in [-0.4, -0.2) is 13.1 Å². The Hall–Kier alpha value is -2.69. The fourth-order valence-corrected chi connectivity index (χ4v) is 2.69. The number of rotatable bonds is 4. The zero-order valence-corrected chi connectivity index (χ0v) is 16.2. The Labute approximate surface area is 172 Å². The molecule has 0 spiro atoms. The normalized spacial score (nSPS) is 12.4. The lowest BCUT2D eigenvalue weighted by molar-refractivity contribution is -0.140. The number of nitrogens with zero attached hydrogens (tertiary/aromatic N) is 1. The van der Waals surface area contributed by atoms with Crippen LogP contribution in [0.5, 0.6) is 0 Å². The molecule has 0 heterocycles. The van der Waals surface area contributed by atoms with Gasteiger partial charge in [0.2, 0.25) is 0 Å². The number of hydrogen-bond donors (Lipinski definition) is 3. The number of methoxy groups -OCH3 is 1. The fraction of sp³-hybridized carbons (Fsp3) is 0.118. The van der Waals surface area contributed by atoms with Gasteiger partial charge in [-0.25, -0.2) is 15.0 Å². The van der Waals surface area contributed by atoms with Crippen LogP contribution in [0.25, 0.3) is 5.70 Å². The highest BCUT2D eigenvalue weighted by Crippen LogP contribution is 2.36. The molecule has 0 amide bonds. The summed E-state index contributed by atoms with van der Waals surface area (Å²) in [5.74, 6) is 3.35. The van der Waals surface area contributed by atoms with Gasteiger partial charge in [0.1, 0.15) is 5.82 Å². The van der Waals surface area contributed by atoms with Crippen LogP contribution in [-0.2, 0) is 15.7 Å². The lowest BCUT2D eigenvalue weighted by Crippen LogP contribution is -2.37. The van der Waals surface area contributed by atoms with E-state index in [1.165, 1.54) is 12.1 Å². The predicted octanol–water partition coefficient (Wildman–Crippen LogP) is 3.91. The van der Waals surface area contributed by atoms with Gasteiger partial charge >= 0.3 is 12.1 Å². The number of carbonyl (C=O) groups excluding carboxylic acids is 1. The van der Waals surface area contributed by atoms with E-state index in [0.29, 0.717) is 17.1 Å². The number of benzene rings is 2. The number of nitrogen functional groups attached to an aromatic ring is 1. The third-order valence-electron chi connectivity index (χ3n) is 3.79. The molecule has 2 aromatic carbocycles. The summed E-state index contributed by atoms with van der Waals surface area (Å²) < 4.78 is 57.2. The number of ether oxygens (including phenoxy) is 1. The molecular weight excluding hydrogens is 439 g/mol. The second-order valence-corrected chi connectivity index (χ2v) is 6.46. The molecular formula is C17H14Cl2F4N4O2. The van der Waals surface area contributed by atoms with Gasteiger partial charge in [0, 0.05) is 5.56 Å². The van der Waals surface area contributed by atoms with Crippen molar-refractivity contribution in [2.24, 2.45) is 11.6 Å². The maximum atomic E-state index is 13.6. The molecule has 6 N–H and O–H groups in total. The lowest BCUT2D eigenvalue weighted by Gasteiger charge is -2.24. The second kappa shape index (κ2) is 8.36. The van der Waals surface area contributed by atoms with Crippen molar-refractivity contribution in [1.29, 1.82) is 0 Å². The Morgan fingerprint density at radius 3 is 2.28 bits per heavy atom. The molecule has 0 aliphatic carbocycles. The smallest absolute Gasteiger partial charge is 0.419 e. The lowest BCUT2D eigenvalue weighted by atomic mass is 10.1. The Morgan fingerprint density at radius 2 is 1.72 bits per heavy atom. The van der Waals surface area contributed by atoms with Crippen molar-refractivity contribution >= 4 is 46.2 Å². The van der Waals surface area contributed by atoms with E-state index >= 15 is 0 Å². The van der Waals surface area contributed by atoms with Gasteiger partial charge in [0.15, 0.2) is 5.70 Å². The van der Waals surface area contributed by atoms with E-state index in [-0.39, 0.29) is 27.0 Å². The first kappa shape index (κ1) is 22.6. The summed E-state index contributed by atoms with van der Waals surface area (Å²) in [5.41, 5.74) is 8.73. The summed E-state index contributed by atoms with van der Waals surface area (Å²) in [6, 6.07) is 4.44. The first-order chi connectivity index (χ1) is 13.4. The molecule has 0 aliphatic rings. The molecule has 0 aromatic heterocycles. The highest BCUT2D eigenvalue weighted by Gasteiger charge is 2.35. The number of nitrogens with two attached hydrogens (primary N) is 3. The Bertz CT molecular complexity index is 996. The van der Waals surface area contributed by atoms with Crippen molar-refractivity contribution in [2.45, 2.75) is 6.18 Å². The standard InChI is InChI=1S/C17H14Cl2F4N4O2/c1-29-16(28)15(27(26)13-6-10(19)9(18)5-12(13)24)14(25)7-2-3-11(20)8(4-7)17(21,22)23/h2-6H,24-26H2,1H3/b15-14+. The van der Waals surface area contributed by atoms with Gasteiger partial charge in [-0.2, -0.15) is 13.2 Å². The summed E-state index contributed by atoms with van der Waals surface area (Å²) >= 11 is 11.8. The van der Waals surface area contributed by atoms with E-state index in [4.69, 9.17) is 40.5 Å². The molecule has 0 bridgehead atoms. The maximum Gasteiger partial charge on any atom is 0.419 e. The van der Waals surface area contributed by atoms with Gasteiger partial charge in [-0.3, -0.25) is 5.01 Å². The molecule has 0 fully saturated rings. The van der Waals surface area contributed by atoms with E-state index in [2.05, 4.69) is 4.74 Å². The number of hydrogen-bond acceptors (Lipinski definition) is 6. The van der Waals surface area contributed by atoms with Gasteiger partial charge in [0.05, 0.1) is 39.8 Å². The third-order valence-corrected chi connectivity index (χ3v) is 4.51. The molecule has 0 unspecified atom stereocenters. The monoisotopic (exact) mass is 452 g/mol. The number of carbonyl (C=O) groups is 1. The van der Waals surface area contributed by atoms with E-state index in [1.54, 1.807) is 0 Å². The first-order valence-electron chi connectivity index (χ1n) is 7.63. The zero-order valence-electron chi connectivity index (χ0n) is 14.7. The molecule has 0 aliphatic heterocycles. The minimum Gasteiger partial charge on any atom is -0.464 e. The minimum atomic E-state index is -4.98. The molecule has 0 radical (unpaired) electrons. The number of anilines is 2. The van der Waals surface area contributed by atoms with Crippen LogP contribution in [0.3, 0.4) is 0 Å². The zero-order chi connectivity index (χ0) is 22.1. The molecule has 6 nitrogen and oxygen atoms in total. The van der Waals surface area contributed by atoms with Crippen molar-refractivity contribution in [3.05, 3.63) is 63.0 Å². The predicted molar refractivity (Wildman–Crippen MR) is 102 cm³/mol. The molecule has 2 aromatic rings. The molecule has 12 heteroatoms. The van der Waals surface area contributed by atoms with Crippen molar-refractivity contribution < 1.29 is 27.1 Å². The molecule has 29 heavy (non-hydrogen) atoms. The van der Waals surface area contributed by atoms with Gasteiger partial charge in [-0.05, 0) is 30.3 Å². The fourth-order valence-electron chi connectivity index (χ4n) is 2.36. The molecule has 0 atom stereocenters. The van der Waals surface area contributed by atoms with Crippen LogP contribution < -0.4 is 22.3 Å². The Balaban J connectivity index is 2.70. The molecule has 0 saturated heterocycles. The SMILES string of the molecule is COC(=O)/C(=C(\N)c1ccc(F)c(C(F)(F)F)c1)N(N)c1cc(Cl)c(Cl)cc1N. The second-order valence-electron chi connectivity index (χ2n) is 5.64. The number of alkyl halides is 3. The minimum absolute atomic E-state index is 0.00816. The van der Waals surface area contributed by atoms with Crippen molar-refractivity contribution in [3.8, 4) is 0 Å². The van der Waals surface area contributed by atoms with Crippen LogP contribution in [0, 0.1) is 5.82 Å². The average molecular weight is 453 g/mol. The quantitative estimate of drug-likeness (QED) is 0.162. The van der Waals surface area contributed by atoms with Gasteiger partial charge in [-0.15, -0.1) is 0 Å². The van der Waals surface area contributed by atoms with Crippen LogP contribution >= 0.6 is 23.2 Å². The van der Waals surface area contributed by atoms with Crippen LogP contribution in [0.4, 0.5) is 28.9 Å². The van der Waals surface area contributed by atoms with Crippen LogP contribution in [0.1, 0.15) is 11.1 Å². The van der Waals surface area contributed by atoms with E-state index < -0.39 is 34.9 Å². The van der Waals surface area contributed by atoms with E-state index in [0.717, 1.165) is 13.2 Å². The number of hydrazine groups is 1. The Kier molecular flexibility index (Phi) is 6.51. The summed E-state index contributed by atoms with van der Waals surface area (Å²) in [7, 11) is 1.01. The highest BCUT2D eigenvalue weighted by atomic mass is 35.5. The van der Waals surface area contributed by atoms with Gasteiger partial charge in [0.25, 0.3) is 0 Å². The van der Waals surface area contributed by atoms with Crippen molar-refractivity contribution in [3.63, 3.8) is 0 Å². The third kappa shape index (κ3) is 4.66. The van der Waals surface area contributed by atoms with Gasteiger partial charge < -0.3 is 16.2 Å². The summed E-state index contributed by atoms with van der Waals surface area (Å²) in [6.07, 6.45) is -4.98.